The molecule has 0 aromatic carbocycles. The van der Waals surface area contributed by atoms with Crippen LogP contribution in [0.3, 0.4) is 0 Å². The maximum absolute atomic E-state index is 11.8. The van der Waals surface area contributed by atoms with Gasteiger partial charge in [-0.15, -0.1) is 6.42 Å². The van der Waals surface area contributed by atoms with E-state index in [0.717, 1.165) is 0 Å². The van der Waals surface area contributed by atoms with Crippen molar-refractivity contribution in [1.29, 1.82) is 0 Å². The lowest BCUT2D eigenvalue weighted by atomic mass is 10.2. The molecule has 0 aliphatic carbocycles. The topological polar surface area (TPSA) is 116 Å². The summed E-state index contributed by atoms with van der Waals surface area (Å²) in [6, 6.07) is 0. The molecule has 1 saturated heterocycles. The minimum absolute atomic E-state index is 0.0520. The van der Waals surface area contributed by atoms with Gasteiger partial charge in [0.15, 0.2) is 0 Å². The highest BCUT2D eigenvalue weighted by Gasteiger charge is 2.28. The first kappa shape index (κ1) is 19.7. The molecule has 2 atom stereocenters. The maximum Gasteiger partial charge on any atom is 0.330 e. The third kappa shape index (κ3) is 5.37. The van der Waals surface area contributed by atoms with Crippen molar-refractivity contribution in [2.45, 2.75) is 45.4 Å². The second kappa shape index (κ2) is 9.70. The van der Waals surface area contributed by atoms with Crippen molar-refractivity contribution in [2.75, 3.05) is 13.2 Å². The Hall–Kier alpha value is -2.37. The SMILES string of the molecule is C#Cc1cn(C2CCC(COC(=O)CN)O2)c(=O)[nH]c1=O.CCC. The zero-order valence-electron chi connectivity index (χ0n) is 13.9. The zero-order chi connectivity index (χ0) is 18.1. The maximum atomic E-state index is 11.8. The molecule has 132 valence electrons. The second-order valence-corrected chi connectivity index (χ2v) is 5.24. The van der Waals surface area contributed by atoms with Gasteiger partial charge >= 0.3 is 11.7 Å². The molecule has 1 aromatic heterocycles. The fraction of sp³-hybridized carbons (Fsp3) is 0.562. The molecular weight excluding hydrogens is 314 g/mol. The third-order valence-corrected chi connectivity index (χ3v) is 3.12. The van der Waals surface area contributed by atoms with E-state index < -0.39 is 23.4 Å². The number of hydrogen-bond acceptors (Lipinski definition) is 6. The lowest BCUT2D eigenvalue weighted by Gasteiger charge is -2.15. The van der Waals surface area contributed by atoms with E-state index in [1.807, 2.05) is 0 Å². The fourth-order valence-corrected chi connectivity index (χ4v) is 2.06. The Kier molecular flexibility index (Phi) is 7.95. The monoisotopic (exact) mass is 337 g/mol. The Bertz CT molecular complexity index is 701. The molecule has 0 saturated carbocycles. The number of esters is 1. The zero-order valence-corrected chi connectivity index (χ0v) is 13.9. The summed E-state index contributed by atoms with van der Waals surface area (Å²) in [5.74, 6) is 1.69. The van der Waals surface area contributed by atoms with Crippen LogP contribution in [0.25, 0.3) is 0 Å². The summed E-state index contributed by atoms with van der Waals surface area (Å²) in [6.07, 6.45) is 8.02. The van der Waals surface area contributed by atoms with Gasteiger partial charge < -0.3 is 15.2 Å². The van der Waals surface area contributed by atoms with Crippen LogP contribution in [0, 0.1) is 12.3 Å². The van der Waals surface area contributed by atoms with E-state index in [2.05, 4.69) is 24.8 Å². The number of H-pyrrole nitrogens is 1. The van der Waals surface area contributed by atoms with E-state index in [1.54, 1.807) is 0 Å². The number of aromatic nitrogens is 2. The van der Waals surface area contributed by atoms with E-state index >= 15 is 0 Å². The molecule has 1 aliphatic rings. The number of ether oxygens (including phenoxy) is 2. The molecule has 8 heteroatoms. The summed E-state index contributed by atoms with van der Waals surface area (Å²) in [7, 11) is 0. The number of nitrogens with one attached hydrogen (secondary N) is 1. The molecule has 1 aliphatic heterocycles. The quantitative estimate of drug-likeness (QED) is 0.595. The third-order valence-electron chi connectivity index (χ3n) is 3.12. The minimum Gasteiger partial charge on any atom is -0.462 e. The molecule has 2 unspecified atom stereocenters. The van der Waals surface area contributed by atoms with Gasteiger partial charge in [-0.25, -0.2) is 4.79 Å². The molecule has 0 radical (unpaired) electrons. The van der Waals surface area contributed by atoms with Gasteiger partial charge in [0.05, 0.1) is 12.6 Å². The van der Waals surface area contributed by atoms with Gasteiger partial charge in [-0.3, -0.25) is 19.1 Å². The summed E-state index contributed by atoms with van der Waals surface area (Å²) in [5.41, 5.74) is 3.98. The van der Waals surface area contributed by atoms with Gasteiger partial charge in [0, 0.05) is 6.20 Å². The van der Waals surface area contributed by atoms with Crippen molar-refractivity contribution < 1.29 is 14.3 Å². The smallest absolute Gasteiger partial charge is 0.330 e. The minimum atomic E-state index is -0.606. The molecule has 0 spiro atoms. The molecular formula is C16H23N3O5. The average molecular weight is 337 g/mol. The number of nitrogens with two attached hydrogens (primary N) is 1. The van der Waals surface area contributed by atoms with Gasteiger partial charge in [0.25, 0.3) is 5.56 Å². The van der Waals surface area contributed by atoms with Crippen LogP contribution in [0.4, 0.5) is 0 Å². The number of nitrogens with zero attached hydrogens (tertiary/aromatic N) is 1. The number of carbonyl (C=O) groups excluding carboxylic acids is 1. The van der Waals surface area contributed by atoms with E-state index in [1.165, 1.54) is 17.2 Å². The van der Waals surface area contributed by atoms with Crippen molar-refractivity contribution in [3.63, 3.8) is 0 Å². The van der Waals surface area contributed by atoms with Gasteiger partial charge in [-0.05, 0) is 12.8 Å². The van der Waals surface area contributed by atoms with Crippen LogP contribution >= 0.6 is 0 Å². The highest BCUT2D eigenvalue weighted by Crippen LogP contribution is 2.27. The predicted molar refractivity (Wildman–Crippen MR) is 88.4 cm³/mol. The van der Waals surface area contributed by atoms with E-state index in [-0.39, 0.29) is 24.8 Å². The van der Waals surface area contributed by atoms with Crippen molar-refractivity contribution in [3.8, 4) is 12.3 Å². The first-order chi connectivity index (χ1) is 11.5. The highest BCUT2D eigenvalue weighted by atomic mass is 16.6. The Morgan fingerprint density at radius 1 is 1.50 bits per heavy atom. The van der Waals surface area contributed by atoms with Gasteiger partial charge in [0.2, 0.25) is 0 Å². The summed E-state index contributed by atoms with van der Waals surface area (Å²) in [6.45, 7) is 4.13. The average Bonchev–Trinajstić information content (AvgIpc) is 3.02. The fourth-order valence-electron chi connectivity index (χ4n) is 2.06. The second-order valence-electron chi connectivity index (χ2n) is 5.24. The van der Waals surface area contributed by atoms with Gasteiger partial charge in [0.1, 0.15) is 18.4 Å². The number of aromatic amines is 1. The molecule has 0 amide bonds. The number of hydrogen-bond donors (Lipinski definition) is 2. The molecule has 2 rings (SSSR count). The van der Waals surface area contributed by atoms with Crippen LogP contribution in [-0.4, -0.2) is 34.8 Å². The molecule has 1 aromatic rings. The Morgan fingerprint density at radius 2 is 2.17 bits per heavy atom. The molecule has 1 fully saturated rings. The van der Waals surface area contributed by atoms with E-state index in [9.17, 15) is 14.4 Å². The standard InChI is InChI=1S/C13H15N3O5.C3H8/c1-2-8-6-16(13(19)15-12(8)18)10-4-3-9(21-10)7-20-11(17)5-14;1-3-2/h1,6,9-10H,3-5,7,14H2,(H,15,18,19);3H2,1-2H3. The van der Waals surface area contributed by atoms with Crippen LogP contribution in [0.2, 0.25) is 0 Å². The van der Waals surface area contributed by atoms with Crippen LogP contribution < -0.4 is 17.0 Å². The van der Waals surface area contributed by atoms with E-state index in [0.29, 0.717) is 12.8 Å². The largest absolute Gasteiger partial charge is 0.462 e. The van der Waals surface area contributed by atoms with E-state index in [4.69, 9.17) is 21.6 Å². The first-order valence-corrected chi connectivity index (χ1v) is 7.79. The predicted octanol–water partition coefficient (Wildman–Crippen LogP) is 0.114. The van der Waals surface area contributed by atoms with Crippen molar-refractivity contribution in [1.82, 2.24) is 9.55 Å². The highest BCUT2D eigenvalue weighted by molar-refractivity contribution is 5.71. The van der Waals surface area contributed by atoms with Crippen LogP contribution in [-0.2, 0) is 14.3 Å². The van der Waals surface area contributed by atoms with Crippen molar-refractivity contribution >= 4 is 5.97 Å². The summed E-state index contributed by atoms with van der Waals surface area (Å²) >= 11 is 0. The van der Waals surface area contributed by atoms with Crippen LogP contribution in [0.1, 0.15) is 44.9 Å². The lowest BCUT2D eigenvalue weighted by Crippen LogP contribution is -2.34. The molecule has 0 bridgehead atoms. The molecule has 8 nitrogen and oxygen atoms in total. The normalized spacial score (nSPS) is 19.1. The summed E-state index contributed by atoms with van der Waals surface area (Å²) in [5, 5.41) is 0. The van der Waals surface area contributed by atoms with Crippen LogP contribution in [0.5, 0.6) is 0 Å². The molecule has 24 heavy (non-hydrogen) atoms. The van der Waals surface area contributed by atoms with Crippen molar-refractivity contribution in [3.05, 3.63) is 32.6 Å². The number of terminal acetylenes is 1. The van der Waals surface area contributed by atoms with Gasteiger partial charge in [-0.1, -0.05) is 26.2 Å². The Balaban J connectivity index is 0.000000891. The van der Waals surface area contributed by atoms with Crippen LogP contribution in [0.15, 0.2) is 15.8 Å². The molecule has 2 heterocycles. The Labute approximate surface area is 140 Å². The number of rotatable bonds is 4. The van der Waals surface area contributed by atoms with Crippen molar-refractivity contribution in [2.24, 2.45) is 5.73 Å². The Morgan fingerprint density at radius 3 is 2.75 bits per heavy atom. The first-order valence-electron chi connectivity index (χ1n) is 7.79. The lowest BCUT2D eigenvalue weighted by molar-refractivity contribution is -0.146. The number of carbonyl (C=O) groups is 1. The summed E-state index contributed by atoms with van der Waals surface area (Å²) in [4.78, 5) is 36.3. The molecule has 3 N–H and O–H groups in total. The van der Waals surface area contributed by atoms with Gasteiger partial charge in [-0.2, -0.15) is 0 Å². The summed E-state index contributed by atoms with van der Waals surface area (Å²) < 4.78 is 11.7.